The van der Waals surface area contributed by atoms with Crippen molar-refractivity contribution in [1.82, 2.24) is 0 Å². The molecule has 1 aromatic carbocycles. The fourth-order valence-electron chi connectivity index (χ4n) is 0.907. The fraction of sp³-hybridized carbons (Fsp3) is 0.222. The predicted molar refractivity (Wildman–Crippen MR) is 51.5 cm³/mol. The average Bonchev–Trinajstić information content (AvgIpc) is 2.12. The van der Waals surface area contributed by atoms with Crippen LogP contribution in [0.3, 0.4) is 0 Å². The summed E-state index contributed by atoms with van der Waals surface area (Å²) in [4.78, 5) is 10.9. The molecule has 1 aromatic rings. The monoisotopic (exact) mass is 198 g/mol. The van der Waals surface area contributed by atoms with Gasteiger partial charge in [-0.2, -0.15) is 0 Å². The molecule has 0 unspecified atom stereocenters. The molecule has 0 saturated heterocycles. The van der Waals surface area contributed by atoms with Crippen LogP contribution in [0.4, 0.5) is 20.6 Å². The Morgan fingerprint density at radius 3 is 2.93 bits per heavy atom. The smallest absolute Gasteiger partial charge is 0.411 e. The van der Waals surface area contributed by atoms with Gasteiger partial charge in [-0.1, -0.05) is 0 Å². The van der Waals surface area contributed by atoms with Crippen molar-refractivity contribution < 1.29 is 13.9 Å². The third-order valence-electron chi connectivity index (χ3n) is 1.52. The van der Waals surface area contributed by atoms with Gasteiger partial charge in [0.05, 0.1) is 12.3 Å². The normalized spacial score (nSPS) is 9.57. The topological polar surface area (TPSA) is 64.3 Å². The Labute approximate surface area is 80.9 Å². The van der Waals surface area contributed by atoms with Crippen molar-refractivity contribution in [2.75, 3.05) is 17.7 Å². The first-order valence-electron chi connectivity index (χ1n) is 4.12. The maximum atomic E-state index is 12.7. The van der Waals surface area contributed by atoms with Crippen molar-refractivity contribution >= 4 is 17.5 Å². The van der Waals surface area contributed by atoms with E-state index in [1.807, 2.05) is 0 Å². The molecule has 1 amide bonds. The Morgan fingerprint density at radius 2 is 2.36 bits per heavy atom. The maximum absolute atomic E-state index is 12.7. The number of carbonyl (C=O) groups is 1. The third kappa shape index (κ3) is 2.62. The highest BCUT2D eigenvalue weighted by atomic mass is 19.1. The first kappa shape index (κ1) is 10.3. The van der Waals surface area contributed by atoms with Crippen LogP contribution in [-0.2, 0) is 4.74 Å². The second kappa shape index (κ2) is 4.45. The molecular weight excluding hydrogens is 187 g/mol. The lowest BCUT2D eigenvalue weighted by atomic mass is 10.3. The van der Waals surface area contributed by atoms with Gasteiger partial charge in [0.25, 0.3) is 0 Å². The molecule has 0 aliphatic heterocycles. The fourth-order valence-corrected chi connectivity index (χ4v) is 0.907. The van der Waals surface area contributed by atoms with Gasteiger partial charge >= 0.3 is 6.09 Å². The van der Waals surface area contributed by atoms with Crippen molar-refractivity contribution in [3.63, 3.8) is 0 Å². The van der Waals surface area contributed by atoms with Crippen LogP contribution in [0, 0.1) is 5.82 Å². The Bertz CT molecular complexity index is 342. The molecule has 0 heterocycles. The minimum absolute atomic E-state index is 0.0145. The van der Waals surface area contributed by atoms with E-state index in [1.165, 1.54) is 18.2 Å². The number of halogens is 1. The molecule has 0 atom stereocenters. The van der Waals surface area contributed by atoms with Crippen LogP contribution in [0.25, 0.3) is 0 Å². The number of anilines is 2. The number of rotatable bonds is 2. The van der Waals surface area contributed by atoms with E-state index in [-0.39, 0.29) is 12.3 Å². The van der Waals surface area contributed by atoms with Crippen LogP contribution < -0.4 is 11.1 Å². The van der Waals surface area contributed by atoms with E-state index in [0.29, 0.717) is 5.69 Å². The third-order valence-corrected chi connectivity index (χ3v) is 1.52. The molecule has 4 nitrogen and oxygen atoms in total. The van der Waals surface area contributed by atoms with E-state index in [9.17, 15) is 9.18 Å². The van der Waals surface area contributed by atoms with E-state index in [4.69, 9.17) is 5.73 Å². The van der Waals surface area contributed by atoms with Gasteiger partial charge in [-0.15, -0.1) is 0 Å². The van der Waals surface area contributed by atoms with Gasteiger partial charge in [-0.05, 0) is 25.1 Å². The van der Waals surface area contributed by atoms with Crippen LogP contribution in [0.1, 0.15) is 6.92 Å². The lowest BCUT2D eigenvalue weighted by molar-refractivity contribution is 0.168. The van der Waals surface area contributed by atoms with Crippen LogP contribution in [0.2, 0.25) is 0 Å². The number of hydrogen-bond donors (Lipinski definition) is 2. The molecule has 0 radical (unpaired) electrons. The van der Waals surface area contributed by atoms with Crippen molar-refractivity contribution in [2.45, 2.75) is 6.92 Å². The molecule has 0 saturated carbocycles. The zero-order valence-electron chi connectivity index (χ0n) is 7.71. The Balaban J connectivity index is 2.68. The number of amides is 1. The van der Waals surface area contributed by atoms with Gasteiger partial charge in [0, 0.05) is 5.69 Å². The molecule has 14 heavy (non-hydrogen) atoms. The lowest BCUT2D eigenvalue weighted by Crippen LogP contribution is -2.13. The van der Waals surface area contributed by atoms with Crippen LogP contribution >= 0.6 is 0 Å². The highest BCUT2D eigenvalue weighted by molar-refractivity contribution is 5.85. The zero-order chi connectivity index (χ0) is 10.6. The predicted octanol–water partition coefficient (Wildman–Crippen LogP) is 1.98. The lowest BCUT2D eigenvalue weighted by Gasteiger charge is -2.05. The van der Waals surface area contributed by atoms with Gasteiger partial charge in [-0.3, -0.25) is 5.32 Å². The SMILES string of the molecule is CCOC(=O)Nc1ccc(F)c(N)c1. The van der Waals surface area contributed by atoms with E-state index in [1.54, 1.807) is 6.92 Å². The number of nitrogens with one attached hydrogen (secondary N) is 1. The minimum atomic E-state index is -0.585. The molecule has 0 spiro atoms. The summed E-state index contributed by atoms with van der Waals surface area (Å²) in [5, 5.41) is 2.40. The molecule has 5 heteroatoms. The van der Waals surface area contributed by atoms with E-state index in [2.05, 4.69) is 10.1 Å². The summed E-state index contributed by atoms with van der Waals surface area (Å²) in [6.07, 6.45) is -0.585. The van der Waals surface area contributed by atoms with Crippen molar-refractivity contribution in [3.8, 4) is 0 Å². The quantitative estimate of drug-likeness (QED) is 0.714. The minimum Gasteiger partial charge on any atom is -0.450 e. The second-order valence-electron chi connectivity index (χ2n) is 2.58. The van der Waals surface area contributed by atoms with Crippen molar-refractivity contribution in [1.29, 1.82) is 0 Å². The van der Waals surface area contributed by atoms with Crippen LogP contribution in [0.15, 0.2) is 18.2 Å². The molecular formula is C9H11FN2O2. The molecule has 1 rings (SSSR count). The summed E-state index contributed by atoms with van der Waals surface area (Å²) < 4.78 is 17.3. The summed E-state index contributed by atoms with van der Waals surface area (Å²) in [5.41, 5.74) is 5.69. The largest absolute Gasteiger partial charge is 0.450 e. The number of nitrogen functional groups attached to an aromatic ring is 1. The highest BCUT2D eigenvalue weighted by Crippen LogP contribution is 2.16. The second-order valence-corrected chi connectivity index (χ2v) is 2.58. The molecule has 76 valence electrons. The van der Waals surface area contributed by atoms with Crippen LogP contribution in [-0.4, -0.2) is 12.7 Å². The summed E-state index contributed by atoms with van der Waals surface area (Å²) >= 11 is 0. The molecule has 0 fully saturated rings. The molecule has 0 aromatic heterocycles. The summed E-state index contributed by atoms with van der Waals surface area (Å²) in [6.45, 7) is 1.97. The summed E-state index contributed by atoms with van der Waals surface area (Å²) in [7, 11) is 0. The van der Waals surface area contributed by atoms with Crippen LogP contribution in [0.5, 0.6) is 0 Å². The average molecular weight is 198 g/mol. The number of nitrogens with two attached hydrogens (primary N) is 1. The number of benzene rings is 1. The molecule has 0 aliphatic rings. The van der Waals surface area contributed by atoms with Gasteiger partial charge in [-0.25, -0.2) is 9.18 Å². The van der Waals surface area contributed by atoms with E-state index >= 15 is 0 Å². The number of hydrogen-bond acceptors (Lipinski definition) is 3. The summed E-state index contributed by atoms with van der Waals surface area (Å²) in [6, 6.07) is 3.91. The van der Waals surface area contributed by atoms with Gasteiger partial charge in [0.2, 0.25) is 0 Å². The maximum Gasteiger partial charge on any atom is 0.411 e. The van der Waals surface area contributed by atoms with E-state index in [0.717, 1.165) is 0 Å². The molecule has 3 N–H and O–H groups in total. The Hall–Kier alpha value is -1.78. The highest BCUT2D eigenvalue weighted by Gasteiger charge is 2.03. The van der Waals surface area contributed by atoms with Crippen molar-refractivity contribution in [2.24, 2.45) is 0 Å². The zero-order valence-corrected chi connectivity index (χ0v) is 7.71. The van der Waals surface area contributed by atoms with Gasteiger partial charge < -0.3 is 10.5 Å². The molecule has 0 bridgehead atoms. The standard InChI is InChI=1S/C9H11FN2O2/c1-2-14-9(13)12-6-3-4-7(10)8(11)5-6/h3-5H,2,11H2,1H3,(H,12,13). The summed E-state index contributed by atoms with van der Waals surface area (Å²) in [5.74, 6) is -0.514. The van der Waals surface area contributed by atoms with Gasteiger partial charge in [0.15, 0.2) is 0 Å². The van der Waals surface area contributed by atoms with E-state index < -0.39 is 11.9 Å². The first-order valence-corrected chi connectivity index (χ1v) is 4.12. The Morgan fingerprint density at radius 1 is 1.64 bits per heavy atom. The van der Waals surface area contributed by atoms with Crippen molar-refractivity contribution in [3.05, 3.63) is 24.0 Å². The van der Waals surface area contributed by atoms with Gasteiger partial charge in [0.1, 0.15) is 5.82 Å². The first-order chi connectivity index (χ1) is 6.63. The Kier molecular flexibility index (Phi) is 3.28. The molecule has 0 aliphatic carbocycles. The number of ether oxygens (including phenoxy) is 1. The number of carbonyl (C=O) groups excluding carboxylic acids is 1.